The molecule has 98 valence electrons. The first-order valence-electron chi connectivity index (χ1n) is 6.35. The zero-order valence-electron chi connectivity index (χ0n) is 10.4. The van der Waals surface area contributed by atoms with Crippen molar-refractivity contribution in [2.45, 2.75) is 31.8 Å². The van der Waals surface area contributed by atoms with E-state index in [4.69, 9.17) is 10.2 Å². The van der Waals surface area contributed by atoms with Crippen LogP contribution in [0.5, 0.6) is 0 Å². The Morgan fingerprint density at radius 2 is 2.22 bits per heavy atom. The van der Waals surface area contributed by atoms with Gasteiger partial charge in [-0.15, -0.1) is 11.3 Å². The highest BCUT2D eigenvalue weighted by Gasteiger charge is 2.24. The number of hydrogen-bond donors (Lipinski definition) is 2. The Morgan fingerprint density at radius 3 is 2.83 bits per heavy atom. The van der Waals surface area contributed by atoms with Crippen LogP contribution in [0, 0.1) is 11.8 Å². The van der Waals surface area contributed by atoms with Gasteiger partial charge in [0, 0.05) is 35.0 Å². The molecule has 1 fully saturated rings. The highest BCUT2D eigenvalue weighted by atomic mass is 32.1. The van der Waals surface area contributed by atoms with Gasteiger partial charge in [-0.2, -0.15) is 0 Å². The number of hydrogen-bond acceptors (Lipinski definition) is 4. The smallest absolute Gasteiger partial charge is 0.104 e. The third-order valence-electron chi connectivity index (χ3n) is 3.30. The summed E-state index contributed by atoms with van der Waals surface area (Å²) >= 11 is 1.70. The van der Waals surface area contributed by atoms with Crippen LogP contribution in [0.2, 0.25) is 0 Å². The number of thiophene rings is 1. The summed E-state index contributed by atoms with van der Waals surface area (Å²) in [5.41, 5.74) is 0.974. The predicted molar refractivity (Wildman–Crippen MR) is 73.4 cm³/mol. The fourth-order valence-corrected chi connectivity index (χ4v) is 2.98. The van der Waals surface area contributed by atoms with Crippen molar-refractivity contribution in [1.82, 2.24) is 4.90 Å². The summed E-state index contributed by atoms with van der Waals surface area (Å²) < 4.78 is 0. The molecule has 0 atom stereocenters. The summed E-state index contributed by atoms with van der Waals surface area (Å²) in [6.07, 6.45) is 3.81. The van der Waals surface area contributed by atoms with Gasteiger partial charge >= 0.3 is 0 Å². The van der Waals surface area contributed by atoms with E-state index in [1.807, 2.05) is 5.38 Å². The molecule has 1 heterocycles. The molecule has 1 aliphatic carbocycles. The first kappa shape index (κ1) is 13.6. The summed E-state index contributed by atoms with van der Waals surface area (Å²) in [7, 11) is 0. The lowest BCUT2D eigenvalue weighted by Gasteiger charge is -2.36. The fourth-order valence-electron chi connectivity index (χ4n) is 2.14. The van der Waals surface area contributed by atoms with E-state index in [2.05, 4.69) is 22.8 Å². The summed E-state index contributed by atoms with van der Waals surface area (Å²) in [6, 6.07) is 2.72. The van der Waals surface area contributed by atoms with E-state index < -0.39 is 0 Å². The van der Waals surface area contributed by atoms with Crippen LogP contribution in [0.15, 0.2) is 11.4 Å². The highest BCUT2D eigenvalue weighted by molar-refractivity contribution is 7.10. The Bertz CT molecular complexity index is 428. The molecule has 2 rings (SSSR count). The zero-order chi connectivity index (χ0) is 12.8. The SMILES string of the molecule is OCC#Cc1csc(CN(CCO)C2CCC2)c1. The molecule has 2 N–H and O–H groups in total. The Kier molecular flexibility index (Phi) is 5.21. The van der Waals surface area contributed by atoms with Gasteiger partial charge in [0.05, 0.1) is 6.61 Å². The van der Waals surface area contributed by atoms with Gasteiger partial charge < -0.3 is 10.2 Å². The minimum Gasteiger partial charge on any atom is -0.395 e. The quantitative estimate of drug-likeness (QED) is 0.792. The van der Waals surface area contributed by atoms with E-state index in [0.717, 1.165) is 18.7 Å². The first-order valence-corrected chi connectivity index (χ1v) is 7.23. The second-order valence-corrected chi connectivity index (χ2v) is 5.54. The number of aliphatic hydroxyl groups excluding tert-OH is 2. The van der Waals surface area contributed by atoms with Crippen molar-refractivity contribution in [1.29, 1.82) is 0 Å². The standard InChI is InChI=1S/C14H19NO2S/c16-7-2-3-12-9-14(18-11-12)10-15(6-8-17)13-4-1-5-13/h9,11,13,16-17H,1,4-8,10H2. The van der Waals surface area contributed by atoms with Gasteiger partial charge in [-0.1, -0.05) is 18.3 Å². The molecule has 0 spiro atoms. The third kappa shape index (κ3) is 3.56. The Balaban J connectivity index is 1.95. The van der Waals surface area contributed by atoms with Crippen molar-refractivity contribution in [3.63, 3.8) is 0 Å². The zero-order valence-corrected chi connectivity index (χ0v) is 11.2. The molecule has 3 nitrogen and oxygen atoms in total. The molecule has 4 heteroatoms. The van der Waals surface area contributed by atoms with Crippen LogP contribution in [-0.2, 0) is 6.54 Å². The molecule has 1 aromatic heterocycles. The minimum atomic E-state index is -0.0934. The van der Waals surface area contributed by atoms with Crippen LogP contribution in [0.25, 0.3) is 0 Å². The van der Waals surface area contributed by atoms with E-state index in [-0.39, 0.29) is 13.2 Å². The lowest BCUT2D eigenvalue weighted by molar-refractivity contribution is 0.0955. The monoisotopic (exact) mass is 265 g/mol. The maximum Gasteiger partial charge on any atom is 0.104 e. The molecule has 1 saturated carbocycles. The molecule has 0 aliphatic heterocycles. The maximum absolute atomic E-state index is 9.12. The van der Waals surface area contributed by atoms with E-state index in [1.165, 1.54) is 24.1 Å². The third-order valence-corrected chi connectivity index (χ3v) is 4.22. The van der Waals surface area contributed by atoms with Gasteiger partial charge in [0.25, 0.3) is 0 Å². The maximum atomic E-state index is 9.12. The Hall–Kier alpha value is -0.860. The molecular weight excluding hydrogens is 246 g/mol. The normalized spacial score (nSPS) is 15.3. The Labute approximate surface area is 112 Å². The van der Waals surface area contributed by atoms with Gasteiger partial charge in [0.2, 0.25) is 0 Å². The van der Waals surface area contributed by atoms with E-state index >= 15 is 0 Å². The van der Waals surface area contributed by atoms with Crippen LogP contribution in [0.1, 0.15) is 29.7 Å². The van der Waals surface area contributed by atoms with Crippen molar-refractivity contribution >= 4 is 11.3 Å². The first-order chi connectivity index (χ1) is 8.83. The van der Waals surface area contributed by atoms with Gasteiger partial charge in [0.1, 0.15) is 6.61 Å². The topological polar surface area (TPSA) is 43.7 Å². The molecule has 0 saturated heterocycles. The summed E-state index contributed by atoms with van der Waals surface area (Å²) in [5, 5.41) is 19.8. The molecule has 0 radical (unpaired) electrons. The van der Waals surface area contributed by atoms with Crippen molar-refractivity contribution < 1.29 is 10.2 Å². The van der Waals surface area contributed by atoms with Crippen molar-refractivity contribution in [2.24, 2.45) is 0 Å². The number of aliphatic hydroxyl groups is 2. The van der Waals surface area contributed by atoms with Gasteiger partial charge in [-0.25, -0.2) is 0 Å². The van der Waals surface area contributed by atoms with Gasteiger partial charge in [0.15, 0.2) is 0 Å². The number of nitrogens with zero attached hydrogens (tertiary/aromatic N) is 1. The fraction of sp³-hybridized carbons (Fsp3) is 0.571. The molecule has 0 unspecified atom stereocenters. The van der Waals surface area contributed by atoms with Gasteiger partial charge in [-0.3, -0.25) is 4.90 Å². The minimum absolute atomic E-state index is 0.0934. The average Bonchev–Trinajstić information content (AvgIpc) is 2.72. The van der Waals surface area contributed by atoms with Crippen LogP contribution < -0.4 is 0 Å². The molecule has 1 aromatic rings. The van der Waals surface area contributed by atoms with Crippen molar-refractivity contribution in [2.75, 3.05) is 19.8 Å². The van der Waals surface area contributed by atoms with E-state index in [9.17, 15) is 0 Å². The second kappa shape index (κ2) is 6.91. The van der Waals surface area contributed by atoms with E-state index in [0.29, 0.717) is 6.04 Å². The predicted octanol–water partition coefficient (Wildman–Crippen LogP) is 1.44. The van der Waals surface area contributed by atoms with Gasteiger partial charge in [-0.05, 0) is 18.9 Å². The highest BCUT2D eigenvalue weighted by Crippen LogP contribution is 2.27. The summed E-state index contributed by atoms with van der Waals surface area (Å²) in [6.45, 7) is 1.78. The summed E-state index contributed by atoms with van der Waals surface area (Å²) in [5.74, 6) is 5.58. The van der Waals surface area contributed by atoms with Crippen LogP contribution >= 0.6 is 11.3 Å². The lowest BCUT2D eigenvalue weighted by atomic mass is 9.91. The lowest BCUT2D eigenvalue weighted by Crippen LogP contribution is -2.41. The van der Waals surface area contributed by atoms with Crippen LogP contribution in [-0.4, -0.2) is 40.9 Å². The summed E-state index contributed by atoms with van der Waals surface area (Å²) in [4.78, 5) is 3.64. The Morgan fingerprint density at radius 1 is 1.39 bits per heavy atom. The van der Waals surface area contributed by atoms with Crippen LogP contribution in [0.3, 0.4) is 0 Å². The molecule has 0 aromatic carbocycles. The largest absolute Gasteiger partial charge is 0.395 e. The number of rotatable bonds is 5. The van der Waals surface area contributed by atoms with Crippen LogP contribution in [0.4, 0.5) is 0 Å². The molecule has 1 aliphatic rings. The van der Waals surface area contributed by atoms with Crippen molar-refractivity contribution in [3.8, 4) is 11.8 Å². The van der Waals surface area contributed by atoms with Crippen molar-refractivity contribution in [3.05, 3.63) is 21.9 Å². The molecule has 0 bridgehead atoms. The molecular formula is C14H19NO2S. The van der Waals surface area contributed by atoms with E-state index in [1.54, 1.807) is 11.3 Å². The molecule has 18 heavy (non-hydrogen) atoms. The second-order valence-electron chi connectivity index (χ2n) is 4.54. The molecule has 0 amide bonds. The average molecular weight is 265 g/mol.